The van der Waals surface area contributed by atoms with Gasteiger partial charge < -0.3 is 10.2 Å². The van der Waals surface area contributed by atoms with Gasteiger partial charge in [-0.05, 0) is 19.1 Å². The molecule has 0 aromatic carbocycles. The van der Waals surface area contributed by atoms with Gasteiger partial charge in [0.25, 0.3) is 0 Å². The van der Waals surface area contributed by atoms with Crippen LogP contribution in [0.4, 0.5) is 5.82 Å². The van der Waals surface area contributed by atoms with Crippen LogP contribution < -0.4 is 10.2 Å². The summed E-state index contributed by atoms with van der Waals surface area (Å²) in [5.41, 5.74) is 1.57. The Bertz CT molecular complexity index is 527. The number of fused-ring (bicyclic) bond motifs is 1. The van der Waals surface area contributed by atoms with Crippen LogP contribution in [0.2, 0.25) is 0 Å². The third-order valence-electron chi connectivity index (χ3n) is 3.01. The molecular formula is C12H15N5. The molecule has 0 radical (unpaired) electrons. The van der Waals surface area contributed by atoms with E-state index in [2.05, 4.69) is 32.1 Å². The predicted octanol–water partition coefficient (Wildman–Crippen LogP) is 0.823. The highest BCUT2D eigenvalue weighted by atomic mass is 15.2. The topological polar surface area (TPSA) is 53.9 Å². The summed E-state index contributed by atoms with van der Waals surface area (Å²) < 4.78 is 0. The normalized spacial score (nSPS) is 20.8. The van der Waals surface area contributed by atoms with Gasteiger partial charge in [-0.15, -0.1) is 0 Å². The summed E-state index contributed by atoms with van der Waals surface area (Å²) in [5, 5.41) is 3.42. The predicted molar refractivity (Wildman–Crippen MR) is 67.0 cm³/mol. The number of nitrogens with zero attached hydrogens (tertiary/aromatic N) is 4. The number of piperazine rings is 1. The van der Waals surface area contributed by atoms with Gasteiger partial charge in [0.05, 0.1) is 0 Å². The van der Waals surface area contributed by atoms with Crippen molar-refractivity contribution in [3.63, 3.8) is 0 Å². The Hall–Kier alpha value is -1.75. The van der Waals surface area contributed by atoms with E-state index in [-0.39, 0.29) is 0 Å². The van der Waals surface area contributed by atoms with Gasteiger partial charge in [-0.25, -0.2) is 9.97 Å². The van der Waals surface area contributed by atoms with Crippen LogP contribution in [-0.2, 0) is 0 Å². The van der Waals surface area contributed by atoms with Crippen molar-refractivity contribution in [1.82, 2.24) is 20.3 Å². The van der Waals surface area contributed by atoms with Gasteiger partial charge in [0.15, 0.2) is 5.65 Å². The maximum Gasteiger partial charge on any atom is 0.180 e. The Morgan fingerprint density at radius 3 is 3.06 bits per heavy atom. The fourth-order valence-electron chi connectivity index (χ4n) is 2.16. The summed E-state index contributed by atoms with van der Waals surface area (Å²) in [6, 6.07) is 4.51. The van der Waals surface area contributed by atoms with Gasteiger partial charge in [0.1, 0.15) is 11.3 Å². The van der Waals surface area contributed by atoms with E-state index in [1.807, 2.05) is 12.1 Å². The van der Waals surface area contributed by atoms with Gasteiger partial charge in [0, 0.05) is 38.1 Å². The summed E-state index contributed by atoms with van der Waals surface area (Å²) in [7, 11) is 0. The molecule has 1 saturated heterocycles. The molecule has 5 nitrogen and oxygen atoms in total. The van der Waals surface area contributed by atoms with Crippen LogP contribution in [0.1, 0.15) is 6.92 Å². The molecule has 0 spiro atoms. The molecule has 88 valence electrons. The fourth-order valence-corrected chi connectivity index (χ4v) is 2.16. The maximum atomic E-state index is 4.56. The Labute approximate surface area is 99.9 Å². The number of nitrogens with one attached hydrogen (secondary N) is 1. The van der Waals surface area contributed by atoms with Crippen LogP contribution in [0.5, 0.6) is 0 Å². The van der Waals surface area contributed by atoms with Gasteiger partial charge in [-0.1, -0.05) is 0 Å². The number of rotatable bonds is 1. The minimum absolute atomic E-state index is 0.503. The first-order valence-corrected chi connectivity index (χ1v) is 5.89. The number of anilines is 1. The average molecular weight is 229 g/mol. The van der Waals surface area contributed by atoms with Crippen molar-refractivity contribution in [3.05, 3.63) is 24.5 Å². The SMILES string of the molecule is CC1CN(c2ccc3nccnc3n2)CCN1. The minimum atomic E-state index is 0.503. The van der Waals surface area contributed by atoms with Gasteiger partial charge in [-0.3, -0.25) is 4.98 Å². The molecule has 17 heavy (non-hydrogen) atoms. The molecule has 5 heteroatoms. The highest BCUT2D eigenvalue weighted by Crippen LogP contribution is 2.16. The lowest BCUT2D eigenvalue weighted by molar-refractivity contribution is 0.482. The molecule has 1 aliphatic heterocycles. The van der Waals surface area contributed by atoms with E-state index < -0.39 is 0 Å². The molecule has 0 bridgehead atoms. The molecule has 1 aliphatic rings. The van der Waals surface area contributed by atoms with Crippen molar-refractivity contribution in [1.29, 1.82) is 0 Å². The van der Waals surface area contributed by atoms with Crippen LogP contribution in [0.25, 0.3) is 11.2 Å². The van der Waals surface area contributed by atoms with Gasteiger partial charge in [0.2, 0.25) is 0 Å². The third-order valence-corrected chi connectivity index (χ3v) is 3.01. The van der Waals surface area contributed by atoms with Crippen molar-refractivity contribution in [3.8, 4) is 0 Å². The Balaban J connectivity index is 1.94. The Morgan fingerprint density at radius 2 is 2.18 bits per heavy atom. The van der Waals surface area contributed by atoms with Crippen LogP contribution >= 0.6 is 0 Å². The first-order valence-electron chi connectivity index (χ1n) is 5.89. The number of aromatic nitrogens is 3. The summed E-state index contributed by atoms with van der Waals surface area (Å²) in [5.74, 6) is 0.992. The Kier molecular flexibility index (Phi) is 2.60. The first-order chi connectivity index (χ1) is 8.33. The number of hydrogen-bond acceptors (Lipinski definition) is 5. The standard InChI is InChI=1S/C12H15N5/c1-9-8-17(7-6-13-9)11-3-2-10-12(16-11)15-5-4-14-10/h2-5,9,13H,6-8H2,1H3. The van der Waals surface area contributed by atoms with Gasteiger partial charge >= 0.3 is 0 Å². The zero-order valence-corrected chi connectivity index (χ0v) is 9.80. The molecule has 1 atom stereocenters. The largest absolute Gasteiger partial charge is 0.354 e. The van der Waals surface area contributed by atoms with E-state index >= 15 is 0 Å². The zero-order valence-electron chi connectivity index (χ0n) is 9.80. The van der Waals surface area contributed by atoms with Crippen molar-refractivity contribution >= 4 is 17.0 Å². The second-order valence-electron chi connectivity index (χ2n) is 4.37. The summed E-state index contributed by atoms with van der Waals surface area (Å²) in [6.07, 6.45) is 3.37. The fraction of sp³-hybridized carbons (Fsp3) is 0.417. The maximum absolute atomic E-state index is 4.56. The molecule has 2 aromatic heterocycles. The highest BCUT2D eigenvalue weighted by Gasteiger charge is 2.17. The first kappa shape index (κ1) is 10.4. The quantitative estimate of drug-likeness (QED) is 0.784. The molecule has 3 rings (SSSR count). The second-order valence-corrected chi connectivity index (χ2v) is 4.37. The van der Waals surface area contributed by atoms with Crippen molar-refractivity contribution in [2.45, 2.75) is 13.0 Å². The lowest BCUT2D eigenvalue weighted by atomic mass is 10.2. The zero-order chi connectivity index (χ0) is 11.7. The lowest BCUT2D eigenvalue weighted by Gasteiger charge is -2.32. The van der Waals surface area contributed by atoms with Crippen molar-refractivity contribution in [2.24, 2.45) is 0 Å². The summed E-state index contributed by atoms with van der Waals surface area (Å²) in [4.78, 5) is 15.3. The van der Waals surface area contributed by atoms with Crippen LogP contribution in [0.15, 0.2) is 24.5 Å². The highest BCUT2D eigenvalue weighted by molar-refractivity contribution is 5.71. The smallest absolute Gasteiger partial charge is 0.180 e. The molecular weight excluding hydrogens is 214 g/mol. The average Bonchev–Trinajstić information content (AvgIpc) is 2.38. The molecule has 0 saturated carbocycles. The van der Waals surface area contributed by atoms with Gasteiger partial charge in [-0.2, -0.15) is 0 Å². The van der Waals surface area contributed by atoms with Crippen LogP contribution in [0.3, 0.4) is 0 Å². The van der Waals surface area contributed by atoms with E-state index in [0.29, 0.717) is 6.04 Å². The molecule has 1 unspecified atom stereocenters. The summed E-state index contributed by atoms with van der Waals surface area (Å²) >= 11 is 0. The van der Waals surface area contributed by atoms with E-state index in [9.17, 15) is 0 Å². The number of pyridine rings is 1. The number of hydrogen-bond donors (Lipinski definition) is 1. The van der Waals surface area contributed by atoms with E-state index in [4.69, 9.17) is 0 Å². The molecule has 1 fully saturated rings. The third kappa shape index (κ3) is 2.06. The van der Waals surface area contributed by atoms with Crippen molar-refractivity contribution < 1.29 is 0 Å². The monoisotopic (exact) mass is 229 g/mol. The molecule has 1 N–H and O–H groups in total. The van der Waals surface area contributed by atoms with E-state index in [1.54, 1.807) is 12.4 Å². The summed E-state index contributed by atoms with van der Waals surface area (Å²) in [6.45, 7) is 5.16. The van der Waals surface area contributed by atoms with Crippen molar-refractivity contribution in [2.75, 3.05) is 24.5 Å². The van der Waals surface area contributed by atoms with E-state index in [0.717, 1.165) is 36.6 Å². The van der Waals surface area contributed by atoms with Crippen LogP contribution in [-0.4, -0.2) is 40.6 Å². The molecule has 2 aromatic rings. The molecule has 0 amide bonds. The molecule has 0 aliphatic carbocycles. The lowest BCUT2D eigenvalue weighted by Crippen LogP contribution is -2.49. The van der Waals surface area contributed by atoms with Crippen LogP contribution in [0, 0.1) is 0 Å². The second kappa shape index (κ2) is 4.25. The minimum Gasteiger partial charge on any atom is -0.354 e. The molecule has 3 heterocycles. The van der Waals surface area contributed by atoms with E-state index in [1.165, 1.54) is 0 Å². The Morgan fingerprint density at radius 1 is 1.29 bits per heavy atom.